The number of rotatable bonds is 5. The molecule has 0 aliphatic carbocycles. The van der Waals surface area contributed by atoms with Gasteiger partial charge in [-0.3, -0.25) is 0 Å². The lowest BCUT2D eigenvalue weighted by Gasteiger charge is -2.32. The largest absolute Gasteiger partial charge is 0.498 e. The highest BCUT2D eigenvalue weighted by molar-refractivity contribution is 7.99. The summed E-state index contributed by atoms with van der Waals surface area (Å²) in [6.45, 7) is 12.1. The van der Waals surface area contributed by atoms with Gasteiger partial charge in [-0.1, -0.05) is 11.8 Å². The Morgan fingerprint density at radius 2 is 1.88 bits per heavy atom. The molecule has 2 saturated heterocycles. The normalized spacial score (nSPS) is 26.1. The van der Waals surface area contributed by atoms with Gasteiger partial charge in [0.25, 0.3) is 0 Å². The van der Waals surface area contributed by atoms with Crippen molar-refractivity contribution in [3.8, 4) is 0 Å². The summed E-state index contributed by atoms with van der Waals surface area (Å²) in [6, 6.07) is 0. The smallest absolute Gasteiger partial charge is 0.399 e. The molecular weight excluding hydrogens is 335 g/mol. The van der Waals surface area contributed by atoms with E-state index < -0.39 is 7.12 Å². The second-order valence-electron chi connectivity index (χ2n) is 7.86. The first-order chi connectivity index (χ1) is 11.8. The predicted molar refractivity (Wildman–Crippen MR) is 102 cm³/mol. The lowest BCUT2D eigenvalue weighted by atomic mass is 9.81. The molecule has 25 heavy (non-hydrogen) atoms. The molecule has 138 valence electrons. The van der Waals surface area contributed by atoms with Crippen LogP contribution in [0.3, 0.4) is 0 Å². The minimum absolute atomic E-state index is 0.348. The van der Waals surface area contributed by atoms with Crippen molar-refractivity contribution in [1.29, 1.82) is 0 Å². The topological polar surface area (TPSA) is 73.5 Å². The Morgan fingerprint density at radius 1 is 1.24 bits per heavy atom. The zero-order valence-corrected chi connectivity index (χ0v) is 16.5. The van der Waals surface area contributed by atoms with Gasteiger partial charge in [-0.2, -0.15) is 0 Å². The maximum absolute atomic E-state index is 6.05. The van der Waals surface area contributed by atoms with Crippen LogP contribution in [0.2, 0.25) is 0 Å². The van der Waals surface area contributed by atoms with E-state index in [9.17, 15) is 0 Å². The van der Waals surface area contributed by atoms with Gasteiger partial charge in [-0.25, -0.2) is 9.97 Å². The van der Waals surface area contributed by atoms with Crippen LogP contribution in [-0.4, -0.2) is 64.6 Å². The Hall–Kier alpha value is -0.665. The zero-order chi connectivity index (χ0) is 18.1. The second kappa shape index (κ2) is 7.52. The number of piperidine rings is 1. The van der Waals surface area contributed by atoms with Gasteiger partial charge in [0.05, 0.1) is 11.2 Å². The number of hydrogen-bond acceptors (Lipinski definition) is 7. The summed E-state index contributed by atoms with van der Waals surface area (Å²) < 4.78 is 12.1. The molecule has 2 fully saturated rings. The summed E-state index contributed by atoms with van der Waals surface area (Å²) in [6.07, 6.45) is 6.08. The van der Waals surface area contributed by atoms with Crippen LogP contribution in [0.4, 0.5) is 0 Å². The van der Waals surface area contributed by atoms with Gasteiger partial charge < -0.3 is 19.9 Å². The van der Waals surface area contributed by atoms with E-state index in [0.29, 0.717) is 5.25 Å². The van der Waals surface area contributed by atoms with E-state index in [0.717, 1.165) is 36.8 Å². The molecule has 0 aromatic carbocycles. The number of likely N-dealkylation sites (tertiary alicyclic amines) is 1. The molecular formula is C17H29BN4O2S. The first-order valence-corrected chi connectivity index (χ1v) is 9.95. The Balaban J connectivity index is 1.60. The van der Waals surface area contributed by atoms with Crippen LogP contribution in [0.1, 0.15) is 40.5 Å². The minimum Gasteiger partial charge on any atom is -0.399 e. The Labute approximate surface area is 155 Å². The van der Waals surface area contributed by atoms with E-state index in [2.05, 4.69) is 14.9 Å². The molecule has 0 spiro atoms. The molecule has 1 aromatic heterocycles. The third kappa shape index (κ3) is 4.36. The van der Waals surface area contributed by atoms with E-state index in [-0.39, 0.29) is 11.2 Å². The van der Waals surface area contributed by atoms with E-state index in [4.69, 9.17) is 15.0 Å². The molecule has 2 aliphatic heterocycles. The van der Waals surface area contributed by atoms with Gasteiger partial charge in [0.15, 0.2) is 5.16 Å². The van der Waals surface area contributed by atoms with Crippen molar-refractivity contribution < 1.29 is 9.31 Å². The Morgan fingerprint density at radius 3 is 2.48 bits per heavy atom. The molecule has 0 bridgehead atoms. The van der Waals surface area contributed by atoms with Crippen molar-refractivity contribution in [3.63, 3.8) is 0 Å². The molecule has 0 amide bonds. The maximum Gasteiger partial charge on any atom is 0.498 e. The van der Waals surface area contributed by atoms with E-state index in [1.807, 2.05) is 40.1 Å². The van der Waals surface area contributed by atoms with E-state index in [1.54, 1.807) is 11.8 Å². The van der Waals surface area contributed by atoms with E-state index >= 15 is 0 Å². The van der Waals surface area contributed by atoms with Crippen LogP contribution in [0, 0.1) is 0 Å². The fraction of sp³-hybridized carbons (Fsp3) is 0.765. The van der Waals surface area contributed by atoms with Crippen LogP contribution >= 0.6 is 11.8 Å². The van der Waals surface area contributed by atoms with Gasteiger partial charge >= 0.3 is 7.12 Å². The molecule has 0 unspecified atom stereocenters. The van der Waals surface area contributed by atoms with Crippen LogP contribution in [0.5, 0.6) is 0 Å². The highest BCUT2D eigenvalue weighted by Gasteiger charge is 2.51. The van der Waals surface area contributed by atoms with Crippen molar-refractivity contribution in [1.82, 2.24) is 14.9 Å². The van der Waals surface area contributed by atoms with Gasteiger partial charge in [0.2, 0.25) is 0 Å². The number of nitrogens with zero attached hydrogens (tertiary/aromatic N) is 3. The molecule has 1 aromatic rings. The van der Waals surface area contributed by atoms with Gasteiger partial charge in [0, 0.05) is 42.7 Å². The first kappa shape index (κ1) is 19.1. The summed E-state index contributed by atoms with van der Waals surface area (Å²) in [5.41, 5.74) is 5.85. The van der Waals surface area contributed by atoms with Crippen molar-refractivity contribution in [2.75, 3.05) is 26.2 Å². The summed E-state index contributed by atoms with van der Waals surface area (Å²) in [5.74, 6) is 0. The summed E-state index contributed by atoms with van der Waals surface area (Å²) in [7, 11) is -0.404. The van der Waals surface area contributed by atoms with Gasteiger partial charge in [0.1, 0.15) is 0 Å². The van der Waals surface area contributed by atoms with Crippen molar-refractivity contribution in [3.05, 3.63) is 12.4 Å². The molecule has 1 atom stereocenters. The van der Waals surface area contributed by atoms with Crippen LogP contribution in [0.15, 0.2) is 17.6 Å². The molecule has 0 radical (unpaired) electrons. The minimum atomic E-state index is -0.404. The third-order valence-electron chi connectivity index (χ3n) is 5.35. The molecule has 2 N–H and O–H groups in total. The number of hydrogen-bond donors (Lipinski definition) is 1. The zero-order valence-electron chi connectivity index (χ0n) is 15.7. The molecule has 2 aliphatic rings. The predicted octanol–water partition coefficient (Wildman–Crippen LogP) is 1.29. The summed E-state index contributed by atoms with van der Waals surface area (Å²) >= 11 is 1.76. The molecule has 0 saturated carbocycles. The standard InChI is InChI=1S/C17H29BN4O2S/c1-16(2)17(3,4)24-18(23-16)13-10-20-15(21-11-13)25-14-6-5-8-22(12-14)9-7-19/h10-11,14H,5-9,12,19H2,1-4H3/t14-/m0/s1. The fourth-order valence-corrected chi connectivity index (χ4v) is 4.23. The molecule has 3 rings (SSSR count). The fourth-order valence-electron chi connectivity index (χ4n) is 3.13. The van der Waals surface area contributed by atoms with Crippen molar-refractivity contribution >= 4 is 24.3 Å². The number of nitrogens with two attached hydrogens (primary N) is 1. The average Bonchev–Trinajstić information content (AvgIpc) is 2.77. The first-order valence-electron chi connectivity index (χ1n) is 9.07. The third-order valence-corrected chi connectivity index (χ3v) is 6.49. The van der Waals surface area contributed by atoms with Crippen LogP contribution in [0.25, 0.3) is 0 Å². The lowest BCUT2D eigenvalue weighted by Crippen LogP contribution is -2.41. The van der Waals surface area contributed by atoms with Gasteiger partial charge in [-0.15, -0.1) is 0 Å². The van der Waals surface area contributed by atoms with Crippen LogP contribution < -0.4 is 11.2 Å². The summed E-state index contributed by atoms with van der Waals surface area (Å²) in [5, 5.41) is 1.35. The Kier molecular flexibility index (Phi) is 5.75. The number of aromatic nitrogens is 2. The Bertz CT molecular complexity index is 567. The summed E-state index contributed by atoms with van der Waals surface area (Å²) in [4.78, 5) is 11.5. The van der Waals surface area contributed by atoms with Crippen LogP contribution in [-0.2, 0) is 9.31 Å². The maximum atomic E-state index is 6.05. The lowest BCUT2D eigenvalue weighted by molar-refractivity contribution is 0.00578. The monoisotopic (exact) mass is 364 g/mol. The molecule has 3 heterocycles. The van der Waals surface area contributed by atoms with E-state index in [1.165, 1.54) is 12.8 Å². The molecule has 6 nitrogen and oxygen atoms in total. The average molecular weight is 364 g/mol. The SMILES string of the molecule is CC1(C)OB(c2cnc(S[C@H]3CCCN(CCN)C3)nc2)OC1(C)C. The second-order valence-corrected chi connectivity index (χ2v) is 9.13. The quantitative estimate of drug-likeness (QED) is 0.623. The highest BCUT2D eigenvalue weighted by Crippen LogP contribution is 2.36. The van der Waals surface area contributed by atoms with Crippen molar-refractivity contribution in [2.24, 2.45) is 5.73 Å². The molecule has 8 heteroatoms. The van der Waals surface area contributed by atoms with Gasteiger partial charge in [-0.05, 0) is 47.1 Å². The van der Waals surface area contributed by atoms with Crippen molar-refractivity contribution in [2.45, 2.75) is 62.1 Å². The number of thioether (sulfide) groups is 1. The highest BCUT2D eigenvalue weighted by atomic mass is 32.2.